The SMILES string of the molecule is CCOC(=O)N1CCC(Nc2nnc(C3CCCC3)o2)CC1. The molecule has 1 aromatic rings. The fourth-order valence-electron chi connectivity index (χ4n) is 3.23. The molecule has 1 saturated heterocycles. The van der Waals surface area contributed by atoms with Crippen LogP contribution >= 0.6 is 0 Å². The van der Waals surface area contributed by atoms with Gasteiger partial charge in [-0.25, -0.2) is 4.79 Å². The Balaban J connectivity index is 1.47. The zero-order valence-corrected chi connectivity index (χ0v) is 13.1. The Hall–Kier alpha value is -1.79. The Kier molecular flexibility index (Phi) is 4.80. The third-order valence-corrected chi connectivity index (χ3v) is 4.49. The van der Waals surface area contributed by atoms with E-state index in [2.05, 4.69) is 15.5 Å². The maximum absolute atomic E-state index is 11.7. The Morgan fingerprint density at radius 3 is 2.68 bits per heavy atom. The highest BCUT2D eigenvalue weighted by atomic mass is 16.6. The molecule has 122 valence electrons. The summed E-state index contributed by atoms with van der Waals surface area (Å²) in [5.74, 6) is 1.21. The zero-order chi connectivity index (χ0) is 15.4. The van der Waals surface area contributed by atoms with E-state index >= 15 is 0 Å². The molecular formula is C15H24N4O3. The highest BCUT2D eigenvalue weighted by Gasteiger charge is 2.26. The summed E-state index contributed by atoms with van der Waals surface area (Å²) in [5, 5.41) is 11.6. The Bertz CT molecular complexity index is 491. The van der Waals surface area contributed by atoms with Crippen LogP contribution in [0.2, 0.25) is 0 Å². The van der Waals surface area contributed by atoms with Crippen molar-refractivity contribution in [2.24, 2.45) is 0 Å². The van der Waals surface area contributed by atoms with Crippen LogP contribution in [0, 0.1) is 0 Å². The van der Waals surface area contributed by atoms with Crippen LogP contribution in [0.25, 0.3) is 0 Å². The third-order valence-electron chi connectivity index (χ3n) is 4.49. The number of ether oxygens (including phenoxy) is 1. The van der Waals surface area contributed by atoms with Gasteiger partial charge in [0.05, 0.1) is 6.61 Å². The fraction of sp³-hybridized carbons (Fsp3) is 0.800. The lowest BCUT2D eigenvalue weighted by atomic mass is 10.1. The summed E-state index contributed by atoms with van der Waals surface area (Å²) < 4.78 is 10.8. The summed E-state index contributed by atoms with van der Waals surface area (Å²) >= 11 is 0. The van der Waals surface area contributed by atoms with E-state index in [4.69, 9.17) is 9.15 Å². The van der Waals surface area contributed by atoms with Crippen molar-refractivity contribution in [3.8, 4) is 0 Å². The van der Waals surface area contributed by atoms with E-state index in [1.165, 1.54) is 12.8 Å². The first-order valence-electron chi connectivity index (χ1n) is 8.28. The molecule has 7 heteroatoms. The van der Waals surface area contributed by atoms with Crippen molar-refractivity contribution in [3.63, 3.8) is 0 Å². The molecule has 1 N–H and O–H groups in total. The van der Waals surface area contributed by atoms with Crippen LogP contribution in [-0.4, -0.2) is 46.9 Å². The minimum absolute atomic E-state index is 0.220. The second-order valence-electron chi connectivity index (χ2n) is 6.03. The van der Waals surface area contributed by atoms with Gasteiger partial charge >= 0.3 is 12.1 Å². The van der Waals surface area contributed by atoms with Gasteiger partial charge in [0, 0.05) is 25.0 Å². The van der Waals surface area contributed by atoms with Crippen molar-refractivity contribution < 1.29 is 13.9 Å². The first-order valence-corrected chi connectivity index (χ1v) is 8.28. The second kappa shape index (κ2) is 6.98. The summed E-state index contributed by atoms with van der Waals surface area (Å²) in [6, 6.07) is 0.777. The summed E-state index contributed by atoms with van der Waals surface area (Å²) in [6.45, 7) is 3.63. The topological polar surface area (TPSA) is 80.5 Å². The van der Waals surface area contributed by atoms with Gasteiger partial charge in [0.2, 0.25) is 5.89 Å². The van der Waals surface area contributed by atoms with E-state index in [0.717, 1.165) is 31.6 Å². The van der Waals surface area contributed by atoms with Crippen LogP contribution in [0.1, 0.15) is 57.3 Å². The number of likely N-dealkylation sites (tertiary alicyclic amines) is 1. The normalized spacial score (nSPS) is 20.3. The molecule has 0 spiro atoms. The van der Waals surface area contributed by atoms with Gasteiger partial charge in [-0.05, 0) is 32.6 Å². The minimum Gasteiger partial charge on any atom is -0.450 e. The largest absolute Gasteiger partial charge is 0.450 e. The lowest BCUT2D eigenvalue weighted by Gasteiger charge is -2.31. The van der Waals surface area contributed by atoms with E-state index in [9.17, 15) is 4.79 Å². The molecule has 0 unspecified atom stereocenters. The van der Waals surface area contributed by atoms with Crippen molar-refractivity contribution in [1.82, 2.24) is 15.1 Å². The minimum atomic E-state index is -0.220. The van der Waals surface area contributed by atoms with Crippen LogP contribution in [0.3, 0.4) is 0 Å². The molecule has 22 heavy (non-hydrogen) atoms. The van der Waals surface area contributed by atoms with Crippen LogP contribution in [0.5, 0.6) is 0 Å². The molecule has 2 fully saturated rings. The average Bonchev–Trinajstić information content (AvgIpc) is 3.19. The standard InChI is InChI=1S/C15H24N4O3/c1-2-21-15(20)19-9-7-12(8-10-19)16-14-18-17-13(22-14)11-5-3-4-6-11/h11-12H,2-10H2,1H3,(H,16,18). The molecule has 7 nitrogen and oxygen atoms in total. The van der Waals surface area contributed by atoms with Crippen LogP contribution in [0.15, 0.2) is 4.42 Å². The lowest BCUT2D eigenvalue weighted by molar-refractivity contribution is 0.0982. The molecule has 3 rings (SSSR count). The van der Waals surface area contributed by atoms with Gasteiger partial charge in [-0.1, -0.05) is 17.9 Å². The highest BCUT2D eigenvalue weighted by molar-refractivity contribution is 5.67. The van der Waals surface area contributed by atoms with Crippen LogP contribution in [-0.2, 0) is 4.74 Å². The van der Waals surface area contributed by atoms with Crippen molar-refractivity contribution in [2.75, 3.05) is 25.0 Å². The number of carbonyl (C=O) groups is 1. The van der Waals surface area contributed by atoms with Crippen molar-refractivity contribution in [2.45, 2.75) is 57.4 Å². The lowest BCUT2D eigenvalue weighted by Crippen LogP contribution is -2.42. The van der Waals surface area contributed by atoms with Gasteiger partial charge in [-0.15, -0.1) is 5.10 Å². The fourth-order valence-corrected chi connectivity index (χ4v) is 3.23. The van der Waals surface area contributed by atoms with Crippen molar-refractivity contribution in [3.05, 3.63) is 5.89 Å². The molecular weight excluding hydrogens is 284 g/mol. The molecule has 2 heterocycles. The zero-order valence-electron chi connectivity index (χ0n) is 13.1. The van der Waals surface area contributed by atoms with E-state index < -0.39 is 0 Å². The monoisotopic (exact) mass is 308 g/mol. The number of anilines is 1. The van der Waals surface area contributed by atoms with Gasteiger partial charge in [0.15, 0.2) is 0 Å². The van der Waals surface area contributed by atoms with Crippen LogP contribution < -0.4 is 5.32 Å². The predicted molar refractivity (Wildman–Crippen MR) is 80.7 cm³/mol. The number of nitrogens with zero attached hydrogens (tertiary/aromatic N) is 3. The van der Waals surface area contributed by atoms with E-state index in [1.54, 1.807) is 4.90 Å². The highest BCUT2D eigenvalue weighted by Crippen LogP contribution is 2.33. The summed E-state index contributed by atoms with van der Waals surface area (Å²) in [6.07, 6.45) is 6.31. The van der Waals surface area contributed by atoms with E-state index in [1.807, 2.05) is 6.92 Å². The molecule has 2 aliphatic rings. The third kappa shape index (κ3) is 3.51. The number of aromatic nitrogens is 2. The predicted octanol–water partition coefficient (Wildman–Crippen LogP) is 2.76. The molecule has 1 aromatic heterocycles. The van der Waals surface area contributed by atoms with Crippen molar-refractivity contribution >= 4 is 12.1 Å². The summed E-state index contributed by atoms with van der Waals surface area (Å²) in [5.41, 5.74) is 0. The Morgan fingerprint density at radius 1 is 1.27 bits per heavy atom. The molecule has 1 aliphatic heterocycles. The molecule has 1 saturated carbocycles. The molecule has 0 bridgehead atoms. The van der Waals surface area contributed by atoms with E-state index in [0.29, 0.717) is 31.6 Å². The number of hydrogen-bond donors (Lipinski definition) is 1. The number of hydrogen-bond acceptors (Lipinski definition) is 6. The molecule has 1 aliphatic carbocycles. The van der Waals surface area contributed by atoms with Gasteiger partial charge in [-0.3, -0.25) is 0 Å². The van der Waals surface area contributed by atoms with Gasteiger partial charge in [-0.2, -0.15) is 0 Å². The maximum Gasteiger partial charge on any atom is 0.409 e. The molecule has 0 atom stereocenters. The average molecular weight is 308 g/mol. The van der Waals surface area contributed by atoms with Gasteiger partial charge in [0.25, 0.3) is 0 Å². The molecule has 0 aromatic carbocycles. The first kappa shape index (κ1) is 15.1. The summed E-state index contributed by atoms with van der Waals surface area (Å²) in [7, 11) is 0. The second-order valence-corrected chi connectivity index (χ2v) is 6.03. The molecule has 0 radical (unpaired) electrons. The van der Waals surface area contributed by atoms with Crippen LogP contribution in [0.4, 0.5) is 10.8 Å². The maximum atomic E-state index is 11.7. The Morgan fingerprint density at radius 2 is 2.00 bits per heavy atom. The molecule has 1 amide bonds. The first-order chi connectivity index (χ1) is 10.8. The summed E-state index contributed by atoms with van der Waals surface area (Å²) in [4.78, 5) is 13.4. The van der Waals surface area contributed by atoms with Crippen molar-refractivity contribution in [1.29, 1.82) is 0 Å². The quantitative estimate of drug-likeness (QED) is 0.921. The van der Waals surface area contributed by atoms with E-state index in [-0.39, 0.29) is 12.1 Å². The Labute approximate surface area is 130 Å². The smallest absolute Gasteiger partial charge is 0.409 e. The number of amides is 1. The number of piperidine rings is 1. The number of carbonyl (C=O) groups excluding carboxylic acids is 1. The number of rotatable bonds is 4. The number of nitrogens with one attached hydrogen (secondary N) is 1. The van der Waals surface area contributed by atoms with Gasteiger partial charge < -0.3 is 19.4 Å². The van der Waals surface area contributed by atoms with Gasteiger partial charge in [0.1, 0.15) is 0 Å².